The standard InChI is InChI=1S/C18H20N4O3/c23-17-13-4-1-2-5-14(13)18(24)22(17)11-3-6-15-20-16(21-25-15)12-7-9-19-10-8-12/h7-10,13-14H,1-6,11H2/t13-,14+. The molecule has 0 N–H and O–H groups in total. The fourth-order valence-corrected chi connectivity index (χ4v) is 3.81. The molecule has 0 bridgehead atoms. The first-order valence-electron chi connectivity index (χ1n) is 8.82. The summed E-state index contributed by atoms with van der Waals surface area (Å²) in [6.45, 7) is 0.428. The number of fused-ring (bicyclic) bond motifs is 1. The van der Waals surface area contributed by atoms with E-state index < -0.39 is 0 Å². The van der Waals surface area contributed by atoms with Gasteiger partial charge in [0.2, 0.25) is 23.5 Å². The Morgan fingerprint density at radius 3 is 2.44 bits per heavy atom. The van der Waals surface area contributed by atoms with Gasteiger partial charge < -0.3 is 4.52 Å². The van der Waals surface area contributed by atoms with Crippen molar-refractivity contribution in [2.45, 2.75) is 38.5 Å². The largest absolute Gasteiger partial charge is 0.339 e. The van der Waals surface area contributed by atoms with Gasteiger partial charge >= 0.3 is 0 Å². The van der Waals surface area contributed by atoms with Crippen LogP contribution in [-0.4, -0.2) is 38.4 Å². The molecule has 2 amide bonds. The van der Waals surface area contributed by atoms with Gasteiger partial charge in [0, 0.05) is 30.9 Å². The van der Waals surface area contributed by atoms with Crippen molar-refractivity contribution in [3.63, 3.8) is 0 Å². The van der Waals surface area contributed by atoms with E-state index in [2.05, 4.69) is 15.1 Å². The van der Waals surface area contributed by atoms with Crippen molar-refractivity contribution < 1.29 is 14.1 Å². The number of aromatic nitrogens is 3. The van der Waals surface area contributed by atoms with Crippen LogP contribution in [0.2, 0.25) is 0 Å². The fraction of sp³-hybridized carbons (Fsp3) is 0.500. The molecule has 130 valence electrons. The van der Waals surface area contributed by atoms with Gasteiger partial charge in [0.15, 0.2) is 0 Å². The molecule has 4 rings (SSSR count). The summed E-state index contributed by atoms with van der Waals surface area (Å²) in [4.78, 5) is 34.6. The first-order valence-corrected chi connectivity index (χ1v) is 8.82. The third-order valence-corrected chi connectivity index (χ3v) is 5.11. The Balaban J connectivity index is 1.34. The van der Waals surface area contributed by atoms with Gasteiger partial charge in [-0.15, -0.1) is 0 Å². The molecule has 7 heteroatoms. The molecule has 2 aromatic heterocycles. The lowest BCUT2D eigenvalue weighted by Gasteiger charge is -2.19. The maximum absolute atomic E-state index is 12.4. The Bertz CT molecular complexity index is 750. The lowest BCUT2D eigenvalue weighted by atomic mass is 9.81. The highest BCUT2D eigenvalue weighted by atomic mass is 16.5. The first-order chi connectivity index (χ1) is 12.2. The first kappa shape index (κ1) is 15.9. The molecular weight excluding hydrogens is 320 g/mol. The second kappa shape index (κ2) is 6.74. The summed E-state index contributed by atoms with van der Waals surface area (Å²) in [6, 6.07) is 3.63. The Labute approximate surface area is 145 Å². The molecule has 1 aliphatic carbocycles. The molecule has 0 aromatic carbocycles. The van der Waals surface area contributed by atoms with Crippen molar-refractivity contribution in [3.05, 3.63) is 30.4 Å². The number of carbonyl (C=O) groups is 2. The molecule has 1 saturated carbocycles. The van der Waals surface area contributed by atoms with Crippen LogP contribution in [0.4, 0.5) is 0 Å². The van der Waals surface area contributed by atoms with Gasteiger partial charge in [-0.3, -0.25) is 19.5 Å². The highest BCUT2D eigenvalue weighted by Gasteiger charge is 2.47. The number of hydrogen-bond acceptors (Lipinski definition) is 6. The van der Waals surface area contributed by atoms with Gasteiger partial charge in [-0.05, 0) is 31.4 Å². The fourth-order valence-electron chi connectivity index (χ4n) is 3.81. The van der Waals surface area contributed by atoms with E-state index in [4.69, 9.17) is 4.52 Å². The van der Waals surface area contributed by atoms with Crippen LogP contribution in [0.5, 0.6) is 0 Å². The summed E-state index contributed by atoms with van der Waals surface area (Å²) in [5.41, 5.74) is 0.846. The molecule has 7 nitrogen and oxygen atoms in total. The van der Waals surface area contributed by atoms with Gasteiger partial charge in [0.05, 0.1) is 11.8 Å². The molecule has 1 saturated heterocycles. The molecule has 0 spiro atoms. The van der Waals surface area contributed by atoms with Crippen molar-refractivity contribution in [2.24, 2.45) is 11.8 Å². The second-order valence-electron chi connectivity index (χ2n) is 6.68. The zero-order valence-corrected chi connectivity index (χ0v) is 13.9. The second-order valence-corrected chi connectivity index (χ2v) is 6.68. The third kappa shape index (κ3) is 3.06. The number of imide groups is 1. The zero-order chi connectivity index (χ0) is 17.2. The number of rotatable bonds is 5. The van der Waals surface area contributed by atoms with Crippen molar-refractivity contribution >= 4 is 11.8 Å². The van der Waals surface area contributed by atoms with E-state index in [0.717, 1.165) is 31.2 Å². The predicted molar refractivity (Wildman–Crippen MR) is 88.0 cm³/mol. The predicted octanol–water partition coefficient (Wildman–Crippen LogP) is 2.24. The SMILES string of the molecule is O=C1[C@H]2CCCC[C@H]2C(=O)N1CCCc1nc(-c2ccncc2)no1. The number of aryl methyl sites for hydroxylation is 1. The van der Waals surface area contributed by atoms with Gasteiger partial charge in [0.25, 0.3) is 0 Å². The molecule has 2 aliphatic rings. The molecule has 25 heavy (non-hydrogen) atoms. The van der Waals surface area contributed by atoms with E-state index in [-0.39, 0.29) is 23.7 Å². The minimum absolute atomic E-state index is 0.0118. The number of nitrogens with zero attached hydrogens (tertiary/aromatic N) is 4. The van der Waals surface area contributed by atoms with E-state index in [9.17, 15) is 9.59 Å². The number of carbonyl (C=O) groups excluding carboxylic acids is 2. The number of pyridine rings is 1. The highest BCUT2D eigenvalue weighted by molar-refractivity contribution is 6.05. The van der Waals surface area contributed by atoms with Crippen LogP contribution < -0.4 is 0 Å². The average molecular weight is 340 g/mol. The van der Waals surface area contributed by atoms with Gasteiger partial charge in [-0.2, -0.15) is 4.98 Å². The summed E-state index contributed by atoms with van der Waals surface area (Å²) in [5, 5.41) is 3.96. The number of hydrogen-bond donors (Lipinski definition) is 0. The van der Waals surface area contributed by atoms with E-state index in [1.807, 2.05) is 12.1 Å². The molecular formula is C18H20N4O3. The van der Waals surface area contributed by atoms with Crippen LogP contribution in [0.3, 0.4) is 0 Å². The van der Waals surface area contributed by atoms with Crippen LogP contribution in [0.1, 0.15) is 38.0 Å². The van der Waals surface area contributed by atoms with E-state index in [1.54, 1.807) is 12.4 Å². The maximum atomic E-state index is 12.4. The Morgan fingerprint density at radius 2 is 1.76 bits per heavy atom. The van der Waals surface area contributed by atoms with E-state index in [0.29, 0.717) is 31.1 Å². The van der Waals surface area contributed by atoms with Gasteiger partial charge in [-0.25, -0.2) is 0 Å². The third-order valence-electron chi connectivity index (χ3n) is 5.11. The summed E-state index contributed by atoms with van der Waals surface area (Å²) in [7, 11) is 0. The highest BCUT2D eigenvalue weighted by Crippen LogP contribution is 2.38. The quantitative estimate of drug-likeness (QED) is 0.776. The maximum Gasteiger partial charge on any atom is 0.233 e. The monoisotopic (exact) mass is 340 g/mol. The summed E-state index contributed by atoms with van der Waals surface area (Å²) in [6.07, 6.45) is 8.33. The lowest BCUT2D eigenvalue weighted by molar-refractivity contribution is -0.139. The summed E-state index contributed by atoms with van der Waals surface area (Å²) >= 11 is 0. The molecule has 2 fully saturated rings. The zero-order valence-electron chi connectivity index (χ0n) is 13.9. The number of amides is 2. The Morgan fingerprint density at radius 1 is 1.08 bits per heavy atom. The van der Waals surface area contributed by atoms with Crippen LogP contribution in [-0.2, 0) is 16.0 Å². The van der Waals surface area contributed by atoms with Crippen molar-refractivity contribution in [3.8, 4) is 11.4 Å². The van der Waals surface area contributed by atoms with Gasteiger partial charge in [0.1, 0.15) is 0 Å². The van der Waals surface area contributed by atoms with E-state index >= 15 is 0 Å². The minimum Gasteiger partial charge on any atom is -0.339 e. The Kier molecular flexibility index (Phi) is 4.29. The topological polar surface area (TPSA) is 89.2 Å². The minimum atomic E-state index is -0.0806. The van der Waals surface area contributed by atoms with Crippen molar-refractivity contribution in [2.75, 3.05) is 6.54 Å². The van der Waals surface area contributed by atoms with Crippen LogP contribution in [0, 0.1) is 11.8 Å². The van der Waals surface area contributed by atoms with Gasteiger partial charge in [-0.1, -0.05) is 18.0 Å². The molecule has 2 atom stereocenters. The lowest BCUT2D eigenvalue weighted by Crippen LogP contribution is -2.32. The molecule has 1 aliphatic heterocycles. The van der Waals surface area contributed by atoms with Crippen LogP contribution >= 0.6 is 0 Å². The van der Waals surface area contributed by atoms with Crippen molar-refractivity contribution in [1.82, 2.24) is 20.0 Å². The summed E-state index contributed by atoms with van der Waals surface area (Å²) < 4.78 is 5.26. The number of likely N-dealkylation sites (tertiary alicyclic amines) is 1. The summed E-state index contributed by atoms with van der Waals surface area (Å²) in [5.74, 6) is 0.904. The average Bonchev–Trinajstić information content (AvgIpc) is 3.22. The molecule has 3 heterocycles. The molecule has 2 aromatic rings. The van der Waals surface area contributed by atoms with Crippen LogP contribution in [0.25, 0.3) is 11.4 Å². The van der Waals surface area contributed by atoms with E-state index in [1.165, 1.54) is 4.90 Å². The smallest absolute Gasteiger partial charge is 0.233 e. The normalized spacial score (nSPS) is 23.1. The Hall–Kier alpha value is -2.57. The molecule has 0 unspecified atom stereocenters. The van der Waals surface area contributed by atoms with Crippen molar-refractivity contribution in [1.29, 1.82) is 0 Å². The van der Waals surface area contributed by atoms with Crippen LogP contribution in [0.15, 0.2) is 29.0 Å². The molecule has 0 radical (unpaired) electrons.